The zero-order valence-corrected chi connectivity index (χ0v) is 12.1. The van der Waals surface area contributed by atoms with E-state index >= 15 is 0 Å². The van der Waals surface area contributed by atoms with Crippen LogP contribution >= 0.6 is 0 Å². The van der Waals surface area contributed by atoms with Gasteiger partial charge in [-0.25, -0.2) is 0 Å². The van der Waals surface area contributed by atoms with Gasteiger partial charge in [-0.05, 0) is 35.9 Å². The van der Waals surface area contributed by atoms with Gasteiger partial charge in [-0.2, -0.15) is 13.2 Å². The minimum atomic E-state index is -4.66. The quantitative estimate of drug-likeness (QED) is 0.909. The SMILES string of the molecule is CN(Cc1cccc(O)c1)C(=O)c1cc(O)cc(C(F)(F)F)c1. The molecule has 23 heavy (non-hydrogen) atoms. The van der Waals surface area contributed by atoms with Crippen LogP contribution in [0.1, 0.15) is 21.5 Å². The van der Waals surface area contributed by atoms with E-state index in [1.807, 2.05) is 0 Å². The molecule has 0 aliphatic carbocycles. The second-order valence-electron chi connectivity index (χ2n) is 5.10. The molecule has 0 heterocycles. The summed E-state index contributed by atoms with van der Waals surface area (Å²) in [7, 11) is 1.42. The summed E-state index contributed by atoms with van der Waals surface area (Å²) >= 11 is 0. The highest BCUT2D eigenvalue weighted by Crippen LogP contribution is 2.32. The number of carbonyl (C=O) groups is 1. The van der Waals surface area contributed by atoms with E-state index in [1.165, 1.54) is 24.1 Å². The molecule has 0 aromatic heterocycles. The first-order valence-corrected chi connectivity index (χ1v) is 6.61. The molecule has 0 atom stereocenters. The molecule has 0 radical (unpaired) electrons. The number of hydrogen-bond acceptors (Lipinski definition) is 3. The molecule has 0 saturated heterocycles. The van der Waals surface area contributed by atoms with Crippen LogP contribution in [-0.2, 0) is 12.7 Å². The lowest BCUT2D eigenvalue weighted by Crippen LogP contribution is -2.26. The Kier molecular flexibility index (Phi) is 4.49. The van der Waals surface area contributed by atoms with Crippen molar-refractivity contribution in [3.63, 3.8) is 0 Å². The Hall–Kier alpha value is -2.70. The fraction of sp³-hybridized carbons (Fsp3) is 0.188. The summed E-state index contributed by atoms with van der Waals surface area (Å²) in [6.07, 6.45) is -4.66. The van der Waals surface area contributed by atoms with Gasteiger partial charge >= 0.3 is 6.18 Å². The van der Waals surface area contributed by atoms with Crippen LogP contribution in [-0.4, -0.2) is 28.1 Å². The van der Waals surface area contributed by atoms with Crippen LogP contribution in [0.25, 0.3) is 0 Å². The number of phenolic OH excluding ortho intramolecular Hbond substituents is 2. The maximum absolute atomic E-state index is 12.7. The Morgan fingerprint density at radius 2 is 1.78 bits per heavy atom. The predicted octanol–water partition coefficient (Wildman–Crippen LogP) is 3.39. The highest BCUT2D eigenvalue weighted by molar-refractivity contribution is 5.94. The Morgan fingerprint density at radius 1 is 1.09 bits per heavy atom. The van der Waals surface area contributed by atoms with Gasteiger partial charge in [0.1, 0.15) is 11.5 Å². The standard InChI is InChI=1S/C16H14F3NO3/c1-20(9-10-3-2-4-13(21)5-10)15(23)11-6-12(16(17,18)19)8-14(22)7-11/h2-8,21-22H,9H2,1H3. The van der Waals surface area contributed by atoms with E-state index in [4.69, 9.17) is 0 Å². The van der Waals surface area contributed by atoms with Gasteiger partial charge in [0.2, 0.25) is 0 Å². The third kappa shape index (κ3) is 4.15. The zero-order valence-electron chi connectivity index (χ0n) is 12.1. The van der Waals surface area contributed by atoms with Crippen molar-refractivity contribution in [3.05, 3.63) is 59.2 Å². The summed E-state index contributed by atoms with van der Waals surface area (Å²) in [6, 6.07) is 8.43. The number of amides is 1. The number of rotatable bonds is 3. The molecule has 7 heteroatoms. The van der Waals surface area contributed by atoms with Crippen molar-refractivity contribution < 1.29 is 28.2 Å². The molecule has 2 N–H and O–H groups in total. The fourth-order valence-corrected chi connectivity index (χ4v) is 2.12. The van der Waals surface area contributed by atoms with Crippen LogP contribution in [0.4, 0.5) is 13.2 Å². The number of nitrogens with zero attached hydrogens (tertiary/aromatic N) is 1. The molecule has 2 rings (SSSR count). The van der Waals surface area contributed by atoms with Crippen molar-refractivity contribution in [2.24, 2.45) is 0 Å². The van der Waals surface area contributed by atoms with E-state index in [2.05, 4.69) is 0 Å². The van der Waals surface area contributed by atoms with Crippen LogP contribution in [0.5, 0.6) is 11.5 Å². The summed E-state index contributed by atoms with van der Waals surface area (Å²) in [6.45, 7) is 0.101. The molecule has 4 nitrogen and oxygen atoms in total. The fourth-order valence-electron chi connectivity index (χ4n) is 2.12. The van der Waals surface area contributed by atoms with Crippen LogP contribution in [0, 0.1) is 0 Å². The summed E-state index contributed by atoms with van der Waals surface area (Å²) in [5.41, 5.74) is -0.733. The predicted molar refractivity (Wildman–Crippen MR) is 77.0 cm³/mol. The Morgan fingerprint density at radius 3 is 2.39 bits per heavy atom. The topological polar surface area (TPSA) is 60.8 Å². The monoisotopic (exact) mass is 325 g/mol. The molecule has 0 aliphatic rings. The first-order valence-electron chi connectivity index (χ1n) is 6.61. The molecular formula is C16H14F3NO3. The third-order valence-corrected chi connectivity index (χ3v) is 3.17. The Balaban J connectivity index is 2.24. The van der Waals surface area contributed by atoms with Gasteiger partial charge < -0.3 is 15.1 Å². The number of hydrogen-bond donors (Lipinski definition) is 2. The Labute approximate surface area is 130 Å². The highest BCUT2D eigenvalue weighted by Gasteiger charge is 2.32. The number of phenols is 2. The molecule has 0 fully saturated rings. The van der Waals surface area contributed by atoms with Gasteiger partial charge in [0.25, 0.3) is 5.91 Å². The van der Waals surface area contributed by atoms with Gasteiger partial charge in [-0.1, -0.05) is 12.1 Å². The van der Waals surface area contributed by atoms with E-state index in [9.17, 15) is 28.2 Å². The largest absolute Gasteiger partial charge is 0.508 e. The first kappa shape index (κ1) is 16.7. The lowest BCUT2D eigenvalue weighted by atomic mass is 10.1. The van der Waals surface area contributed by atoms with E-state index in [0.717, 1.165) is 6.07 Å². The molecular weight excluding hydrogens is 311 g/mol. The smallest absolute Gasteiger partial charge is 0.416 e. The molecule has 1 amide bonds. The molecule has 122 valence electrons. The van der Waals surface area contributed by atoms with E-state index < -0.39 is 23.4 Å². The summed E-state index contributed by atoms with van der Waals surface area (Å²) in [5, 5.41) is 18.8. The third-order valence-electron chi connectivity index (χ3n) is 3.17. The number of carbonyl (C=O) groups excluding carboxylic acids is 1. The Bertz CT molecular complexity index is 729. The molecule has 0 aliphatic heterocycles. The molecule has 2 aromatic rings. The van der Waals surface area contributed by atoms with Gasteiger partial charge in [0.05, 0.1) is 5.56 Å². The van der Waals surface area contributed by atoms with Crippen molar-refractivity contribution in [1.29, 1.82) is 0 Å². The number of aromatic hydroxyl groups is 2. The van der Waals surface area contributed by atoms with Crippen LogP contribution in [0.15, 0.2) is 42.5 Å². The number of alkyl halides is 3. The zero-order chi connectivity index (χ0) is 17.2. The van der Waals surface area contributed by atoms with Gasteiger partial charge in [-0.15, -0.1) is 0 Å². The molecule has 2 aromatic carbocycles. The molecule has 0 unspecified atom stereocenters. The first-order chi connectivity index (χ1) is 10.7. The van der Waals surface area contributed by atoms with Crippen LogP contribution in [0.3, 0.4) is 0 Å². The summed E-state index contributed by atoms with van der Waals surface area (Å²) in [4.78, 5) is 13.4. The number of halogens is 3. The average molecular weight is 325 g/mol. The lowest BCUT2D eigenvalue weighted by molar-refractivity contribution is -0.137. The van der Waals surface area contributed by atoms with E-state index in [0.29, 0.717) is 17.7 Å². The summed E-state index contributed by atoms with van der Waals surface area (Å²) in [5.74, 6) is -1.27. The summed E-state index contributed by atoms with van der Waals surface area (Å²) < 4.78 is 38.2. The number of benzene rings is 2. The van der Waals surface area contributed by atoms with E-state index in [1.54, 1.807) is 12.1 Å². The second kappa shape index (κ2) is 6.20. The minimum Gasteiger partial charge on any atom is -0.508 e. The van der Waals surface area contributed by atoms with E-state index in [-0.39, 0.29) is 17.9 Å². The average Bonchev–Trinajstić information content (AvgIpc) is 2.44. The van der Waals surface area contributed by atoms with Crippen molar-refractivity contribution in [2.75, 3.05) is 7.05 Å². The maximum Gasteiger partial charge on any atom is 0.416 e. The van der Waals surface area contributed by atoms with Gasteiger partial charge in [0.15, 0.2) is 0 Å². The van der Waals surface area contributed by atoms with Crippen LogP contribution < -0.4 is 0 Å². The van der Waals surface area contributed by atoms with Crippen molar-refractivity contribution in [1.82, 2.24) is 4.90 Å². The second-order valence-corrected chi connectivity index (χ2v) is 5.10. The van der Waals surface area contributed by atoms with Gasteiger partial charge in [-0.3, -0.25) is 4.79 Å². The van der Waals surface area contributed by atoms with Crippen molar-refractivity contribution >= 4 is 5.91 Å². The maximum atomic E-state index is 12.7. The molecule has 0 saturated carbocycles. The lowest BCUT2D eigenvalue weighted by Gasteiger charge is -2.18. The van der Waals surface area contributed by atoms with Crippen LogP contribution in [0.2, 0.25) is 0 Å². The normalized spacial score (nSPS) is 11.3. The molecule has 0 spiro atoms. The van der Waals surface area contributed by atoms with Crippen molar-refractivity contribution in [2.45, 2.75) is 12.7 Å². The molecule has 0 bridgehead atoms. The van der Waals surface area contributed by atoms with Crippen molar-refractivity contribution in [3.8, 4) is 11.5 Å². The highest BCUT2D eigenvalue weighted by atomic mass is 19.4. The minimum absolute atomic E-state index is 0.0278. The van der Waals surface area contributed by atoms with Gasteiger partial charge in [0, 0.05) is 19.2 Å².